The van der Waals surface area contributed by atoms with E-state index in [9.17, 15) is 17.6 Å². The van der Waals surface area contributed by atoms with Crippen molar-refractivity contribution in [3.63, 3.8) is 0 Å². The first-order chi connectivity index (χ1) is 11.3. The summed E-state index contributed by atoms with van der Waals surface area (Å²) in [6, 6.07) is 4.25. The third kappa shape index (κ3) is 3.61. The van der Waals surface area contributed by atoms with E-state index in [1.165, 1.54) is 0 Å². The fourth-order valence-corrected chi connectivity index (χ4v) is 3.87. The smallest absolute Gasteiger partial charge is 0.184 e. The van der Waals surface area contributed by atoms with Gasteiger partial charge in [-0.05, 0) is 12.1 Å². The van der Waals surface area contributed by atoms with Crippen LogP contribution in [-0.2, 0) is 0 Å². The second-order valence-electron chi connectivity index (χ2n) is 4.40. The molecule has 2 aromatic carbocycles. The summed E-state index contributed by atoms with van der Waals surface area (Å²) >= 11 is 13.3. The Morgan fingerprint density at radius 1 is 0.625 bits per heavy atom. The SMILES string of the molecule is Fc1cc2nc(Cl)sc2cc1F.Fc1cc2nc(Cl)sc2cc1F. The Bertz CT molecular complexity index is 886. The lowest BCUT2D eigenvalue weighted by molar-refractivity contribution is 0.511. The lowest BCUT2D eigenvalue weighted by Crippen LogP contribution is -1.81. The molecule has 4 aromatic rings. The maximum Gasteiger partial charge on any atom is 0.184 e. The van der Waals surface area contributed by atoms with Gasteiger partial charge in [0.15, 0.2) is 32.2 Å². The predicted molar refractivity (Wildman–Crippen MR) is 89.1 cm³/mol. The zero-order chi connectivity index (χ0) is 17.4. The molecule has 0 saturated carbocycles. The molecule has 0 aliphatic heterocycles. The molecule has 0 bridgehead atoms. The Morgan fingerprint density at radius 2 is 0.958 bits per heavy atom. The number of rotatable bonds is 0. The zero-order valence-corrected chi connectivity index (χ0v) is 14.4. The summed E-state index contributed by atoms with van der Waals surface area (Å²) in [6.45, 7) is 0. The van der Waals surface area contributed by atoms with Crippen molar-refractivity contribution in [2.45, 2.75) is 0 Å². The molecule has 24 heavy (non-hydrogen) atoms. The van der Waals surface area contributed by atoms with Crippen molar-refractivity contribution < 1.29 is 17.6 Å². The molecule has 0 unspecified atom stereocenters. The summed E-state index contributed by atoms with van der Waals surface area (Å²) in [6.07, 6.45) is 0. The van der Waals surface area contributed by atoms with E-state index in [0.29, 0.717) is 20.4 Å². The lowest BCUT2D eigenvalue weighted by atomic mass is 10.3. The molecule has 2 nitrogen and oxygen atoms in total. The van der Waals surface area contributed by atoms with Gasteiger partial charge in [-0.1, -0.05) is 23.2 Å². The van der Waals surface area contributed by atoms with E-state index in [4.69, 9.17) is 23.2 Å². The standard InChI is InChI=1S/2C7H2ClF2NS/c2*8-7-11-5-1-3(9)4(10)2-6(5)12-7/h2*1-2H. The van der Waals surface area contributed by atoms with Gasteiger partial charge >= 0.3 is 0 Å². The third-order valence-electron chi connectivity index (χ3n) is 2.81. The van der Waals surface area contributed by atoms with Gasteiger partial charge in [0, 0.05) is 12.1 Å². The van der Waals surface area contributed by atoms with Gasteiger partial charge in [-0.25, -0.2) is 27.5 Å². The van der Waals surface area contributed by atoms with Crippen LogP contribution in [0.5, 0.6) is 0 Å². The highest BCUT2D eigenvalue weighted by molar-refractivity contribution is 7.22. The van der Waals surface area contributed by atoms with E-state index in [1.807, 2.05) is 0 Å². The minimum absolute atomic E-state index is 0.287. The fraction of sp³-hybridized carbons (Fsp3) is 0. The number of nitrogens with zero attached hydrogens (tertiary/aromatic N) is 2. The molecule has 2 aromatic heterocycles. The molecule has 4 rings (SSSR count). The molecule has 0 atom stereocenters. The van der Waals surface area contributed by atoms with Crippen LogP contribution in [0.4, 0.5) is 17.6 Å². The fourth-order valence-electron chi connectivity index (χ4n) is 1.79. The highest BCUT2D eigenvalue weighted by atomic mass is 35.5. The van der Waals surface area contributed by atoms with Crippen molar-refractivity contribution >= 4 is 66.3 Å². The second-order valence-corrected chi connectivity index (χ2v) is 7.63. The number of hydrogen-bond donors (Lipinski definition) is 0. The number of benzene rings is 2. The molecule has 0 amide bonds. The summed E-state index contributed by atoms with van der Waals surface area (Å²) in [5, 5.41) is 0. The monoisotopic (exact) mass is 410 g/mol. The number of fused-ring (bicyclic) bond motifs is 2. The van der Waals surface area contributed by atoms with Crippen LogP contribution in [-0.4, -0.2) is 9.97 Å². The number of hydrogen-bond acceptors (Lipinski definition) is 4. The molecule has 10 heteroatoms. The number of thiazole rings is 2. The van der Waals surface area contributed by atoms with E-state index in [2.05, 4.69) is 9.97 Å². The van der Waals surface area contributed by atoms with Gasteiger partial charge in [0.05, 0.1) is 20.4 Å². The molecule has 0 saturated heterocycles. The van der Waals surface area contributed by atoms with Gasteiger partial charge in [0.25, 0.3) is 0 Å². The molecule has 2 heterocycles. The predicted octanol–water partition coefficient (Wildman–Crippen LogP) is 6.46. The summed E-state index contributed by atoms with van der Waals surface area (Å²) < 4.78 is 52.1. The Balaban J connectivity index is 0.000000141. The molecule has 0 spiro atoms. The van der Waals surface area contributed by atoms with Gasteiger partial charge < -0.3 is 0 Å². The molecule has 0 aliphatic rings. The second kappa shape index (κ2) is 6.79. The van der Waals surface area contributed by atoms with E-state index in [1.54, 1.807) is 0 Å². The first-order valence-corrected chi connectivity index (χ1v) is 8.54. The van der Waals surface area contributed by atoms with Crippen LogP contribution >= 0.6 is 45.9 Å². The van der Waals surface area contributed by atoms with Crippen molar-refractivity contribution in [3.8, 4) is 0 Å². The first-order valence-electron chi connectivity index (χ1n) is 6.15. The van der Waals surface area contributed by atoms with Crippen LogP contribution < -0.4 is 0 Å². The Hall–Kier alpha value is -1.48. The molecular weight excluding hydrogens is 407 g/mol. The highest BCUT2D eigenvalue weighted by Crippen LogP contribution is 2.28. The first kappa shape index (κ1) is 17.3. The van der Waals surface area contributed by atoms with E-state index >= 15 is 0 Å². The van der Waals surface area contributed by atoms with E-state index < -0.39 is 23.3 Å². The summed E-state index contributed by atoms with van der Waals surface area (Å²) in [4.78, 5) is 7.58. The van der Waals surface area contributed by atoms with Crippen molar-refractivity contribution in [2.75, 3.05) is 0 Å². The van der Waals surface area contributed by atoms with Crippen LogP contribution in [0.2, 0.25) is 8.93 Å². The number of aromatic nitrogens is 2. The van der Waals surface area contributed by atoms with Crippen LogP contribution in [0.15, 0.2) is 24.3 Å². The summed E-state index contributed by atoms with van der Waals surface area (Å²) in [5.74, 6) is -3.54. The highest BCUT2D eigenvalue weighted by Gasteiger charge is 2.08. The largest absolute Gasteiger partial charge is 0.225 e. The quantitative estimate of drug-likeness (QED) is 0.311. The van der Waals surface area contributed by atoms with Gasteiger partial charge in [0.2, 0.25) is 0 Å². The average Bonchev–Trinajstić information content (AvgIpc) is 3.01. The van der Waals surface area contributed by atoms with Crippen LogP contribution in [0.1, 0.15) is 0 Å². The average molecular weight is 411 g/mol. The maximum atomic E-state index is 12.6. The normalized spacial score (nSPS) is 10.9. The summed E-state index contributed by atoms with van der Waals surface area (Å²) in [5.41, 5.74) is 0.785. The third-order valence-corrected chi connectivity index (χ3v) is 5.05. The molecule has 0 fully saturated rings. The van der Waals surface area contributed by atoms with Gasteiger partial charge in [-0.3, -0.25) is 0 Å². The summed E-state index contributed by atoms with van der Waals surface area (Å²) in [7, 11) is 0. The molecular formula is C14H4Cl2F4N2S2. The van der Waals surface area contributed by atoms with Gasteiger partial charge in [0.1, 0.15) is 0 Å². The van der Waals surface area contributed by atoms with Crippen LogP contribution in [0.25, 0.3) is 20.4 Å². The lowest BCUT2D eigenvalue weighted by Gasteiger charge is -1.90. The van der Waals surface area contributed by atoms with Crippen LogP contribution in [0.3, 0.4) is 0 Å². The van der Waals surface area contributed by atoms with E-state index in [-0.39, 0.29) is 8.93 Å². The number of halogens is 6. The molecule has 0 N–H and O–H groups in total. The van der Waals surface area contributed by atoms with Crippen LogP contribution in [0, 0.1) is 23.3 Å². The van der Waals surface area contributed by atoms with Gasteiger partial charge in [-0.15, -0.1) is 22.7 Å². The van der Waals surface area contributed by atoms with Crippen molar-refractivity contribution in [2.24, 2.45) is 0 Å². The van der Waals surface area contributed by atoms with Gasteiger partial charge in [-0.2, -0.15) is 0 Å². The minimum Gasteiger partial charge on any atom is -0.225 e. The Labute approximate surface area is 150 Å². The van der Waals surface area contributed by atoms with Crippen molar-refractivity contribution in [1.29, 1.82) is 0 Å². The van der Waals surface area contributed by atoms with Crippen molar-refractivity contribution in [3.05, 3.63) is 56.5 Å². The zero-order valence-electron chi connectivity index (χ0n) is 11.3. The Morgan fingerprint density at radius 3 is 1.33 bits per heavy atom. The maximum absolute atomic E-state index is 12.6. The molecule has 0 aliphatic carbocycles. The minimum atomic E-state index is -0.899. The van der Waals surface area contributed by atoms with E-state index in [0.717, 1.165) is 46.9 Å². The van der Waals surface area contributed by atoms with Crippen molar-refractivity contribution in [1.82, 2.24) is 9.97 Å². The Kier molecular flexibility index (Phi) is 4.91. The topological polar surface area (TPSA) is 25.8 Å². The molecule has 124 valence electrons. The molecule has 0 radical (unpaired) electrons.